The maximum Gasteiger partial charge on any atom is 0.114 e. The fourth-order valence-electron chi connectivity index (χ4n) is 0.952. The lowest BCUT2D eigenvalue weighted by Crippen LogP contribution is -2.09. The van der Waals surface area contributed by atoms with Crippen molar-refractivity contribution in [3.8, 4) is 6.07 Å². The van der Waals surface area contributed by atoms with Crippen LogP contribution in [0.1, 0.15) is 12.5 Å². The lowest BCUT2D eigenvalue weighted by atomic mass is 10.2. The normalized spacial score (nSPS) is 11.0. The van der Waals surface area contributed by atoms with Crippen molar-refractivity contribution in [1.29, 1.82) is 5.26 Å². The van der Waals surface area contributed by atoms with Crippen LogP contribution >= 0.6 is 12.2 Å². The zero-order valence-electron chi connectivity index (χ0n) is 7.77. The first-order valence-electron chi connectivity index (χ1n) is 4.11. The van der Waals surface area contributed by atoms with Gasteiger partial charge in [-0.2, -0.15) is 10.4 Å². The molecular weight excluding hydrogens is 196 g/mol. The molecule has 0 unspecified atom stereocenters. The Bertz CT molecular complexity index is 411. The molecule has 1 aromatic rings. The minimum absolute atomic E-state index is 0.108. The van der Waals surface area contributed by atoms with Gasteiger partial charge >= 0.3 is 0 Å². The maximum atomic E-state index is 8.71. The molecule has 1 rings (SSSR count). The van der Waals surface area contributed by atoms with Crippen molar-refractivity contribution >= 4 is 23.3 Å². The zero-order valence-corrected chi connectivity index (χ0v) is 8.58. The summed E-state index contributed by atoms with van der Waals surface area (Å²) in [4.78, 5) is 0.108. The van der Waals surface area contributed by atoms with Gasteiger partial charge in [-0.1, -0.05) is 12.2 Å². The minimum Gasteiger partial charge on any atom is -0.389 e. The fraction of sp³-hybridized carbons (Fsp3) is 0.222. The molecule has 14 heavy (non-hydrogen) atoms. The van der Waals surface area contributed by atoms with Crippen LogP contribution in [0.5, 0.6) is 0 Å². The van der Waals surface area contributed by atoms with E-state index < -0.39 is 0 Å². The monoisotopic (exact) mass is 206 g/mol. The Kier molecular flexibility index (Phi) is 3.37. The molecule has 0 atom stereocenters. The summed E-state index contributed by atoms with van der Waals surface area (Å²) in [7, 11) is 0. The van der Waals surface area contributed by atoms with E-state index in [9.17, 15) is 0 Å². The van der Waals surface area contributed by atoms with Gasteiger partial charge < -0.3 is 5.73 Å². The van der Waals surface area contributed by atoms with Crippen LogP contribution in [0.4, 0.5) is 0 Å². The Morgan fingerprint density at radius 3 is 3.00 bits per heavy atom. The predicted molar refractivity (Wildman–Crippen MR) is 58.3 cm³/mol. The van der Waals surface area contributed by atoms with E-state index in [4.69, 9.17) is 23.2 Å². The van der Waals surface area contributed by atoms with Crippen molar-refractivity contribution in [3.63, 3.8) is 0 Å². The third kappa shape index (κ3) is 2.41. The summed E-state index contributed by atoms with van der Waals surface area (Å²) in [6.45, 7) is 2.78. The highest BCUT2D eigenvalue weighted by atomic mass is 32.1. The molecule has 1 heterocycles. The van der Waals surface area contributed by atoms with E-state index in [0.717, 1.165) is 12.1 Å². The Morgan fingerprint density at radius 1 is 1.86 bits per heavy atom. The quantitative estimate of drug-likeness (QED) is 0.457. The van der Waals surface area contributed by atoms with Crippen molar-refractivity contribution in [2.24, 2.45) is 5.73 Å². The summed E-state index contributed by atoms with van der Waals surface area (Å²) in [5.74, 6) is 0. The molecule has 0 bridgehead atoms. The molecule has 1 aromatic heterocycles. The van der Waals surface area contributed by atoms with Gasteiger partial charge in [-0.05, 0) is 13.0 Å². The molecule has 5 heteroatoms. The number of hydrogen-bond donors (Lipinski definition) is 1. The van der Waals surface area contributed by atoms with Gasteiger partial charge in [0, 0.05) is 18.3 Å². The summed E-state index contributed by atoms with van der Waals surface area (Å²) < 4.78 is 1.76. The van der Waals surface area contributed by atoms with E-state index in [-0.39, 0.29) is 4.99 Å². The number of aromatic nitrogens is 2. The molecule has 0 aliphatic rings. The van der Waals surface area contributed by atoms with Crippen molar-refractivity contribution in [2.75, 3.05) is 0 Å². The highest BCUT2D eigenvalue weighted by Gasteiger charge is 2.00. The molecule has 0 amide bonds. The SMILES string of the molecule is CCn1cc(C=C(C#N)C(N)=S)cn1. The van der Waals surface area contributed by atoms with Crippen LogP contribution in [0.2, 0.25) is 0 Å². The molecule has 2 N–H and O–H groups in total. The van der Waals surface area contributed by atoms with Crippen molar-refractivity contribution < 1.29 is 0 Å². The second-order valence-electron chi connectivity index (χ2n) is 2.66. The van der Waals surface area contributed by atoms with E-state index in [0.29, 0.717) is 5.57 Å². The number of nitrogens with two attached hydrogens (primary N) is 1. The van der Waals surface area contributed by atoms with Crippen LogP contribution < -0.4 is 5.73 Å². The van der Waals surface area contributed by atoms with Gasteiger partial charge in [-0.25, -0.2) is 0 Å². The first kappa shape index (κ1) is 10.4. The van der Waals surface area contributed by atoms with Crippen molar-refractivity contribution in [2.45, 2.75) is 13.5 Å². The zero-order chi connectivity index (χ0) is 10.6. The van der Waals surface area contributed by atoms with Crippen LogP contribution in [-0.2, 0) is 6.54 Å². The van der Waals surface area contributed by atoms with Crippen LogP contribution in [-0.4, -0.2) is 14.8 Å². The number of nitriles is 1. The van der Waals surface area contributed by atoms with Crippen molar-refractivity contribution in [1.82, 2.24) is 9.78 Å². The second kappa shape index (κ2) is 4.53. The van der Waals surface area contributed by atoms with Crippen LogP contribution in [0.25, 0.3) is 6.08 Å². The Hall–Kier alpha value is -1.67. The van der Waals surface area contributed by atoms with Gasteiger partial charge in [0.2, 0.25) is 0 Å². The first-order chi connectivity index (χ1) is 6.67. The van der Waals surface area contributed by atoms with E-state index in [1.807, 2.05) is 19.2 Å². The van der Waals surface area contributed by atoms with Crippen molar-refractivity contribution in [3.05, 3.63) is 23.5 Å². The second-order valence-corrected chi connectivity index (χ2v) is 3.10. The molecule has 4 nitrogen and oxygen atoms in total. The van der Waals surface area contributed by atoms with E-state index in [2.05, 4.69) is 5.10 Å². The van der Waals surface area contributed by atoms with Crippen LogP contribution in [0.3, 0.4) is 0 Å². The summed E-state index contributed by atoms with van der Waals surface area (Å²) in [6, 6.07) is 1.94. The lowest BCUT2D eigenvalue weighted by Gasteiger charge is -1.92. The number of thiocarbonyl (C=S) groups is 1. The lowest BCUT2D eigenvalue weighted by molar-refractivity contribution is 0.660. The standard InChI is InChI=1S/C9H10N4S/c1-2-13-6-7(5-12-13)3-8(4-10)9(11)14/h3,5-6H,2H2,1H3,(H2,11,14). The van der Waals surface area contributed by atoms with Gasteiger partial charge in [0.25, 0.3) is 0 Å². The number of nitrogens with zero attached hydrogens (tertiary/aromatic N) is 3. The minimum atomic E-state index is 0.108. The van der Waals surface area contributed by atoms with E-state index >= 15 is 0 Å². The highest BCUT2D eigenvalue weighted by Crippen LogP contribution is 2.05. The third-order valence-electron chi connectivity index (χ3n) is 1.67. The molecule has 0 saturated carbocycles. The molecule has 0 aliphatic heterocycles. The maximum absolute atomic E-state index is 8.71. The average molecular weight is 206 g/mol. The molecule has 72 valence electrons. The smallest absolute Gasteiger partial charge is 0.114 e. The molecule has 0 aromatic carbocycles. The van der Waals surface area contributed by atoms with Gasteiger partial charge in [0.05, 0.1) is 11.8 Å². The predicted octanol–water partition coefficient (Wildman–Crippen LogP) is 1.10. The summed E-state index contributed by atoms with van der Waals surface area (Å²) in [5, 5.41) is 12.8. The number of hydrogen-bond acceptors (Lipinski definition) is 3. The molecular formula is C9H10N4S. The largest absolute Gasteiger partial charge is 0.389 e. The Morgan fingerprint density at radius 2 is 2.57 bits per heavy atom. The Labute approximate surface area is 87.6 Å². The number of aryl methyl sites for hydroxylation is 1. The third-order valence-corrected chi connectivity index (χ3v) is 1.89. The van der Waals surface area contributed by atoms with Crippen LogP contribution in [0, 0.1) is 11.3 Å². The number of rotatable bonds is 3. The van der Waals surface area contributed by atoms with Crippen LogP contribution in [0.15, 0.2) is 18.0 Å². The molecule has 0 aliphatic carbocycles. The van der Waals surface area contributed by atoms with Gasteiger partial charge in [-0.3, -0.25) is 4.68 Å². The highest BCUT2D eigenvalue weighted by molar-refractivity contribution is 7.80. The molecule has 0 spiro atoms. The molecule has 0 radical (unpaired) electrons. The average Bonchev–Trinajstić information content (AvgIpc) is 2.61. The molecule has 0 saturated heterocycles. The van der Waals surface area contributed by atoms with Gasteiger partial charge in [0.15, 0.2) is 0 Å². The Balaban J connectivity index is 2.96. The summed E-state index contributed by atoms with van der Waals surface area (Å²) in [5.41, 5.74) is 6.48. The van der Waals surface area contributed by atoms with E-state index in [1.165, 1.54) is 0 Å². The van der Waals surface area contributed by atoms with Gasteiger partial charge in [-0.15, -0.1) is 0 Å². The topological polar surface area (TPSA) is 67.6 Å². The summed E-state index contributed by atoms with van der Waals surface area (Å²) >= 11 is 4.71. The first-order valence-corrected chi connectivity index (χ1v) is 4.52. The van der Waals surface area contributed by atoms with Gasteiger partial charge in [0.1, 0.15) is 11.1 Å². The fourth-order valence-corrected chi connectivity index (χ4v) is 1.06. The molecule has 0 fully saturated rings. The summed E-state index contributed by atoms with van der Waals surface area (Å²) in [6.07, 6.45) is 5.12. The van der Waals surface area contributed by atoms with E-state index in [1.54, 1.807) is 17.0 Å².